The summed E-state index contributed by atoms with van der Waals surface area (Å²) in [5.74, 6) is -0.652. The van der Waals surface area contributed by atoms with Crippen LogP contribution in [0.1, 0.15) is 107 Å². The molecule has 1 saturated heterocycles. The molecule has 55 heavy (non-hydrogen) atoms. The molecule has 1 fully saturated rings. The predicted octanol–water partition coefficient (Wildman–Crippen LogP) is 4.56. The van der Waals surface area contributed by atoms with Crippen LogP contribution in [-0.4, -0.2) is 137 Å². The second-order valence-electron chi connectivity index (χ2n) is 15.3. The Bertz CT molecular complexity index is 1200. The first-order valence-electron chi connectivity index (χ1n) is 20.4. The Morgan fingerprint density at radius 3 is 2.04 bits per heavy atom. The summed E-state index contributed by atoms with van der Waals surface area (Å²) >= 11 is 0. The third-order valence-corrected chi connectivity index (χ3v) is 10.5. The summed E-state index contributed by atoms with van der Waals surface area (Å²) in [6.07, 6.45) is 13.8. The van der Waals surface area contributed by atoms with E-state index < -0.39 is 18.1 Å². The molecular formula is C42H78N6O7. The molecule has 0 aromatic heterocycles. The maximum Gasteiger partial charge on any atom is 0.242 e. The molecule has 5 amide bonds. The number of allylic oxidation sites excluding steroid dienone is 3. The van der Waals surface area contributed by atoms with Crippen molar-refractivity contribution in [1.82, 2.24) is 30.7 Å². The minimum Gasteiger partial charge on any atom is -0.379 e. The zero-order chi connectivity index (χ0) is 42.2. The highest BCUT2D eigenvalue weighted by atomic mass is 16.5. The van der Waals surface area contributed by atoms with Crippen LogP contribution in [-0.2, 0) is 33.4 Å². The van der Waals surface area contributed by atoms with Crippen molar-refractivity contribution >= 4 is 30.0 Å². The summed E-state index contributed by atoms with van der Waals surface area (Å²) in [4.78, 5) is 66.8. The first kappa shape index (κ1) is 51.7. The molecule has 0 saturated carbocycles. The molecule has 8 atom stereocenters. The standard InChI is InChI=1S/C20H31N3O4.C19H39N3O3.C3H8/c1-14(18(27-3)17-10-7-11-23(17)13-24)19(25)22-16(20(26)21-2)12-15-8-5-4-6-9-15;1-10-14(5)18(15(11-2)25-9)22(8)16(23)12-20-19(24)17(13(3)4)21(6)7;1-3-2/h5,8-9,13-14,16-18H,4,6-7,10-12H2,1-3H3,(H,21,26)(H,22,25);13-15,17-18H,10-12H2,1-9H3,(H,20,24);3H2,1-2H3. The number of hydrogen-bond acceptors (Lipinski definition) is 8. The maximum absolute atomic E-state index is 12.9. The van der Waals surface area contributed by atoms with Crippen molar-refractivity contribution in [1.29, 1.82) is 0 Å². The number of ether oxygens (including phenoxy) is 2. The minimum absolute atomic E-state index is 0.000790. The highest BCUT2D eigenvalue weighted by molar-refractivity contribution is 5.89. The van der Waals surface area contributed by atoms with Gasteiger partial charge in [-0.1, -0.05) is 86.5 Å². The summed E-state index contributed by atoms with van der Waals surface area (Å²) < 4.78 is 11.2. The van der Waals surface area contributed by atoms with Gasteiger partial charge in [0, 0.05) is 41.3 Å². The number of carbonyl (C=O) groups is 5. The third-order valence-electron chi connectivity index (χ3n) is 10.5. The van der Waals surface area contributed by atoms with E-state index in [0.717, 1.165) is 50.5 Å². The van der Waals surface area contributed by atoms with Gasteiger partial charge in [-0.25, -0.2) is 0 Å². The van der Waals surface area contributed by atoms with Crippen LogP contribution >= 0.6 is 0 Å². The van der Waals surface area contributed by atoms with Gasteiger partial charge in [-0.15, -0.1) is 0 Å². The van der Waals surface area contributed by atoms with E-state index in [-0.39, 0.29) is 60.3 Å². The van der Waals surface area contributed by atoms with Gasteiger partial charge in [-0.05, 0) is 63.6 Å². The molecule has 0 radical (unpaired) electrons. The smallest absolute Gasteiger partial charge is 0.242 e. The molecule has 0 bridgehead atoms. The lowest BCUT2D eigenvalue weighted by molar-refractivity contribution is -0.138. The predicted molar refractivity (Wildman–Crippen MR) is 221 cm³/mol. The fraction of sp³-hybridized carbons (Fsp3) is 0.786. The first-order chi connectivity index (χ1) is 26.0. The number of nitrogens with zero attached hydrogens (tertiary/aromatic N) is 3. The Balaban J connectivity index is 0.000000993. The van der Waals surface area contributed by atoms with Crippen LogP contribution in [0.3, 0.4) is 0 Å². The van der Waals surface area contributed by atoms with E-state index in [1.165, 1.54) is 6.42 Å². The van der Waals surface area contributed by atoms with Crippen LogP contribution in [0.4, 0.5) is 0 Å². The quantitative estimate of drug-likeness (QED) is 0.153. The van der Waals surface area contributed by atoms with Gasteiger partial charge in [-0.3, -0.25) is 28.9 Å². The molecule has 13 nitrogen and oxygen atoms in total. The Kier molecular flexibility index (Phi) is 26.5. The average Bonchev–Trinajstić information content (AvgIpc) is 3.64. The Morgan fingerprint density at radius 2 is 1.58 bits per heavy atom. The number of likely N-dealkylation sites (N-methyl/N-ethyl adjacent to an activating group) is 3. The Hall–Kier alpha value is -3.29. The van der Waals surface area contributed by atoms with Crippen LogP contribution in [0.25, 0.3) is 0 Å². The van der Waals surface area contributed by atoms with E-state index in [1.807, 2.05) is 38.9 Å². The van der Waals surface area contributed by atoms with E-state index in [1.54, 1.807) is 45.0 Å². The van der Waals surface area contributed by atoms with Crippen molar-refractivity contribution in [2.24, 2.45) is 17.8 Å². The normalized spacial score (nSPS) is 18.9. The summed E-state index contributed by atoms with van der Waals surface area (Å²) in [5, 5.41) is 8.30. The van der Waals surface area contributed by atoms with Crippen molar-refractivity contribution in [3.8, 4) is 0 Å². The summed E-state index contributed by atoms with van der Waals surface area (Å²) in [7, 11) is 10.4. The topological polar surface area (TPSA) is 150 Å². The number of amides is 5. The van der Waals surface area contributed by atoms with Gasteiger partial charge in [0.25, 0.3) is 0 Å². The summed E-state index contributed by atoms with van der Waals surface area (Å²) in [5.41, 5.74) is 1.05. The van der Waals surface area contributed by atoms with Crippen LogP contribution in [0.5, 0.6) is 0 Å². The van der Waals surface area contributed by atoms with E-state index in [4.69, 9.17) is 9.47 Å². The lowest BCUT2D eigenvalue weighted by atomic mass is 9.91. The molecule has 0 spiro atoms. The third kappa shape index (κ3) is 17.2. The summed E-state index contributed by atoms with van der Waals surface area (Å²) in [6, 6.07) is -0.997. The van der Waals surface area contributed by atoms with Crippen molar-refractivity contribution in [2.75, 3.05) is 55.5 Å². The van der Waals surface area contributed by atoms with E-state index in [0.29, 0.717) is 18.9 Å². The molecule has 1 aliphatic heterocycles. The van der Waals surface area contributed by atoms with Gasteiger partial charge >= 0.3 is 0 Å². The molecule has 1 heterocycles. The lowest BCUT2D eigenvalue weighted by Crippen LogP contribution is -2.53. The van der Waals surface area contributed by atoms with Gasteiger partial charge in [0.05, 0.1) is 42.8 Å². The monoisotopic (exact) mass is 779 g/mol. The first-order valence-corrected chi connectivity index (χ1v) is 20.4. The maximum atomic E-state index is 12.9. The van der Waals surface area contributed by atoms with E-state index >= 15 is 0 Å². The second-order valence-corrected chi connectivity index (χ2v) is 15.3. The molecule has 8 unspecified atom stereocenters. The van der Waals surface area contributed by atoms with E-state index in [9.17, 15) is 24.0 Å². The highest BCUT2D eigenvalue weighted by Gasteiger charge is 2.38. The zero-order valence-electron chi connectivity index (χ0n) is 36.8. The van der Waals surface area contributed by atoms with Gasteiger partial charge in [-0.2, -0.15) is 0 Å². The number of hydrogen-bond donors (Lipinski definition) is 3. The van der Waals surface area contributed by atoms with Gasteiger partial charge in [0.1, 0.15) is 6.04 Å². The number of methoxy groups -OCH3 is 2. The molecule has 3 N–H and O–H groups in total. The van der Waals surface area contributed by atoms with Gasteiger partial charge < -0.3 is 35.2 Å². The zero-order valence-corrected chi connectivity index (χ0v) is 36.8. The van der Waals surface area contributed by atoms with Crippen LogP contribution in [0.15, 0.2) is 23.8 Å². The number of rotatable bonds is 20. The molecule has 1 aliphatic carbocycles. The molecule has 0 aromatic rings. The lowest BCUT2D eigenvalue weighted by Gasteiger charge is -2.37. The fourth-order valence-electron chi connectivity index (χ4n) is 7.36. The van der Waals surface area contributed by atoms with Crippen LogP contribution in [0.2, 0.25) is 0 Å². The SMILES string of the molecule is CCC.CCC(C)C(C(CC)OC)N(C)C(=O)CNC(=O)C(C(C)C)N(C)C.CNC(=O)C(CC1=CCCC=C1)NC(=O)C(C)C(OC)C1CCCN1C=O. The molecule has 318 valence electrons. The minimum atomic E-state index is -0.637. The van der Waals surface area contributed by atoms with Crippen molar-refractivity contribution in [2.45, 2.75) is 143 Å². The van der Waals surface area contributed by atoms with Crippen molar-refractivity contribution in [3.05, 3.63) is 23.8 Å². The van der Waals surface area contributed by atoms with Crippen molar-refractivity contribution < 1.29 is 33.4 Å². The Morgan fingerprint density at radius 1 is 0.945 bits per heavy atom. The largest absolute Gasteiger partial charge is 0.379 e. The number of nitrogens with one attached hydrogen (secondary N) is 3. The molecule has 13 heteroatoms. The second kappa shape index (κ2) is 28.2. The number of likely N-dealkylation sites (tertiary alicyclic amines) is 1. The molecule has 2 rings (SSSR count). The molecular weight excluding hydrogens is 700 g/mol. The number of carbonyl (C=O) groups excluding carboxylic acids is 5. The molecule has 0 aromatic carbocycles. The van der Waals surface area contributed by atoms with Gasteiger partial charge in [0.2, 0.25) is 30.0 Å². The van der Waals surface area contributed by atoms with Gasteiger partial charge in [0.15, 0.2) is 0 Å². The highest BCUT2D eigenvalue weighted by Crippen LogP contribution is 2.26. The van der Waals surface area contributed by atoms with Crippen molar-refractivity contribution in [3.63, 3.8) is 0 Å². The summed E-state index contributed by atoms with van der Waals surface area (Å²) in [6.45, 7) is 17.0. The Labute approximate surface area is 333 Å². The van der Waals surface area contributed by atoms with E-state index in [2.05, 4.69) is 62.7 Å². The van der Waals surface area contributed by atoms with Crippen LogP contribution in [0, 0.1) is 17.8 Å². The fourth-order valence-corrected chi connectivity index (χ4v) is 7.36. The average molecular weight is 779 g/mol. The molecule has 2 aliphatic rings. The van der Waals surface area contributed by atoms with Crippen LogP contribution < -0.4 is 16.0 Å².